The highest BCUT2D eigenvalue weighted by Gasteiger charge is 2.41. The molecule has 0 amide bonds. The zero-order chi connectivity index (χ0) is 34.8. The van der Waals surface area contributed by atoms with E-state index in [9.17, 15) is 0 Å². The van der Waals surface area contributed by atoms with Crippen LogP contribution < -0.4 is 10.4 Å². The Morgan fingerprint density at radius 3 is 1.75 bits per heavy atom. The second kappa shape index (κ2) is 11.9. The monoisotopic (exact) mass is 681 g/mol. The van der Waals surface area contributed by atoms with Crippen molar-refractivity contribution in [3.8, 4) is 61.8 Å². The summed E-state index contributed by atoms with van der Waals surface area (Å²) in [5, 5.41) is 5.26. The first kappa shape index (κ1) is 30.5. The topological polar surface area (TPSA) is 30.7 Å². The van der Waals surface area contributed by atoms with E-state index in [0.717, 1.165) is 28.3 Å². The van der Waals surface area contributed by atoms with Gasteiger partial charge in [0.15, 0.2) is 5.82 Å². The van der Waals surface area contributed by atoms with E-state index < -0.39 is 8.07 Å². The summed E-state index contributed by atoms with van der Waals surface area (Å²) in [6.45, 7) is 4.88. The molecule has 0 radical (unpaired) electrons. The third-order valence-corrected chi connectivity index (χ3v) is 14.3. The average Bonchev–Trinajstić information content (AvgIpc) is 3.66. The van der Waals surface area contributed by atoms with Crippen LogP contribution in [0.5, 0.6) is 0 Å². The van der Waals surface area contributed by atoms with Crippen LogP contribution >= 0.6 is 0 Å². The van der Waals surface area contributed by atoms with Gasteiger partial charge in [-0.25, -0.2) is 9.97 Å². The lowest BCUT2D eigenvalue weighted by atomic mass is 9.96. The van der Waals surface area contributed by atoms with E-state index in [-0.39, 0.29) is 0 Å². The molecule has 3 nitrogen and oxygen atoms in total. The molecule has 4 heteroatoms. The van der Waals surface area contributed by atoms with E-state index in [2.05, 4.69) is 188 Å². The van der Waals surface area contributed by atoms with Crippen LogP contribution in [0, 0.1) is 0 Å². The molecule has 52 heavy (non-hydrogen) atoms. The van der Waals surface area contributed by atoms with E-state index >= 15 is 0 Å². The first-order valence-electron chi connectivity index (χ1n) is 17.9. The zero-order valence-corrected chi connectivity index (χ0v) is 30.1. The van der Waals surface area contributed by atoms with E-state index in [1.807, 2.05) is 6.07 Å². The van der Waals surface area contributed by atoms with Gasteiger partial charge in [-0.1, -0.05) is 147 Å². The van der Waals surface area contributed by atoms with Crippen molar-refractivity contribution in [2.24, 2.45) is 0 Å². The molecule has 1 aliphatic heterocycles. The summed E-state index contributed by atoms with van der Waals surface area (Å²) in [6.07, 6.45) is 0. The highest BCUT2D eigenvalue weighted by atomic mass is 28.3. The van der Waals surface area contributed by atoms with Gasteiger partial charge >= 0.3 is 0 Å². The SMILES string of the molecule is C[Si]1(C)c2ccccc2-c2nc(-c3ccccc3)nc(-c3cccc(-c4cccc(-c5ccc6c(c5)c5ccccc5n6-c5ccccc5)c4)c3)c21. The Morgan fingerprint density at radius 2 is 0.981 bits per heavy atom. The summed E-state index contributed by atoms with van der Waals surface area (Å²) in [6, 6.07) is 63.3. The van der Waals surface area contributed by atoms with Gasteiger partial charge in [-0.05, 0) is 80.7 Å². The molecule has 0 fully saturated rings. The highest BCUT2D eigenvalue weighted by molar-refractivity contribution is 7.04. The first-order chi connectivity index (χ1) is 25.5. The molecule has 0 bridgehead atoms. The lowest BCUT2D eigenvalue weighted by Crippen LogP contribution is -2.50. The van der Waals surface area contributed by atoms with Crippen LogP contribution in [0.1, 0.15) is 0 Å². The summed E-state index contributed by atoms with van der Waals surface area (Å²) >= 11 is 0. The molecule has 0 spiro atoms. The molecule has 0 saturated heterocycles. The number of para-hydroxylation sites is 2. The van der Waals surface area contributed by atoms with E-state index in [4.69, 9.17) is 9.97 Å². The minimum absolute atomic E-state index is 0.771. The number of fused-ring (bicyclic) bond motifs is 6. The second-order valence-corrected chi connectivity index (χ2v) is 18.5. The summed E-state index contributed by atoms with van der Waals surface area (Å²) in [5.41, 5.74) is 13.9. The molecular weight excluding hydrogens is 647 g/mol. The van der Waals surface area contributed by atoms with Crippen LogP contribution in [0.4, 0.5) is 0 Å². The summed E-state index contributed by atoms with van der Waals surface area (Å²) < 4.78 is 2.37. The molecule has 10 rings (SSSR count). The number of hydrogen-bond acceptors (Lipinski definition) is 2. The van der Waals surface area contributed by atoms with Crippen LogP contribution in [-0.2, 0) is 0 Å². The molecule has 246 valence electrons. The Balaban J connectivity index is 1.09. The van der Waals surface area contributed by atoms with E-state index in [1.165, 1.54) is 65.7 Å². The molecule has 0 atom stereocenters. The van der Waals surface area contributed by atoms with Crippen LogP contribution in [0.3, 0.4) is 0 Å². The van der Waals surface area contributed by atoms with Crippen molar-refractivity contribution in [2.45, 2.75) is 13.1 Å². The number of nitrogens with zero attached hydrogens (tertiary/aromatic N) is 3. The van der Waals surface area contributed by atoms with Gasteiger partial charge in [0.25, 0.3) is 0 Å². The third kappa shape index (κ3) is 4.79. The molecule has 0 N–H and O–H groups in total. The normalized spacial score (nSPS) is 13.0. The smallest absolute Gasteiger partial charge is 0.160 e. The number of rotatable bonds is 5. The number of benzene rings is 7. The van der Waals surface area contributed by atoms with Gasteiger partial charge in [0.1, 0.15) is 8.07 Å². The van der Waals surface area contributed by atoms with Crippen molar-refractivity contribution in [1.82, 2.24) is 14.5 Å². The third-order valence-electron chi connectivity index (χ3n) is 10.8. The molecule has 3 heterocycles. The van der Waals surface area contributed by atoms with Crippen molar-refractivity contribution in [3.63, 3.8) is 0 Å². The zero-order valence-electron chi connectivity index (χ0n) is 29.1. The summed E-state index contributed by atoms with van der Waals surface area (Å²) in [5.74, 6) is 0.771. The predicted molar refractivity (Wildman–Crippen MR) is 220 cm³/mol. The Labute approximate surface area is 304 Å². The minimum atomic E-state index is -2.07. The van der Waals surface area contributed by atoms with Gasteiger partial charge < -0.3 is 4.57 Å². The summed E-state index contributed by atoms with van der Waals surface area (Å²) in [7, 11) is -2.07. The molecule has 0 aliphatic carbocycles. The van der Waals surface area contributed by atoms with Gasteiger partial charge in [-0.2, -0.15) is 0 Å². The minimum Gasteiger partial charge on any atom is -0.309 e. The van der Waals surface area contributed by atoms with Crippen LogP contribution in [0.2, 0.25) is 13.1 Å². The molecule has 1 aliphatic rings. The van der Waals surface area contributed by atoms with E-state index in [0.29, 0.717) is 0 Å². The molecule has 9 aromatic rings. The van der Waals surface area contributed by atoms with E-state index in [1.54, 1.807) is 0 Å². The van der Waals surface area contributed by atoms with Gasteiger partial charge in [0, 0.05) is 27.6 Å². The van der Waals surface area contributed by atoms with Crippen molar-refractivity contribution < 1.29 is 0 Å². The molecule has 0 saturated carbocycles. The van der Waals surface area contributed by atoms with Crippen molar-refractivity contribution in [3.05, 3.63) is 176 Å². The fraction of sp³-hybridized carbons (Fsp3) is 0.0417. The Hall–Kier alpha value is -6.36. The molecule has 7 aromatic carbocycles. The van der Waals surface area contributed by atoms with Gasteiger partial charge in [-0.15, -0.1) is 0 Å². The molecule has 0 unspecified atom stereocenters. The van der Waals surface area contributed by atoms with Crippen LogP contribution in [0.25, 0.3) is 83.6 Å². The fourth-order valence-electron chi connectivity index (χ4n) is 8.27. The molecular formula is C48H35N3Si. The first-order valence-corrected chi connectivity index (χ1v) is 20.9. The van der Waals surface area contributed by atoms with Crippen molar-refractivity contribution in [1.29, 1.82) is 0 Å². The standard InChI is InChI=1S/C48H35N3Si/c1-52(2)44-26-12-10-24-40(44)46-47(52)45(49-48(50-46)32-15-5-3-6-16-32)37-20-14-19-35(30-37)33-17-13-18-34(29-33)36-27-28-43-41(31-36)39-23-9-11-25-42(39)51(43)38-21-7-4-8-22-38/h3-31H,1-2H3. The largest absolute Gasteiger partial charge is 0.309 e. The van der Waals surface area contributed by atoms with Gasteiger partial charge in [0.2, 0.25) is 0 Å². The fourth-order valence-corrected chi connectivity index (χ4v) is 11.5. The van der Waals surface area contributed by atoms with Gasteiger partial charge in [-0.3, -0.25) is 0 Å². The van der Waals surface area contributed by atoms with Crippen molar-refractivity contribution in [2.75, 3.05) is 0 Å². The number of aromatic nitrogens is 3. The number of hydrogen-bond donors (Lipinski definition) is 0. The Morgan fingerprint density at radius 1 is 0.423 bits per heavy atom. The Kier molecular flexibility index (Phi) is 6.95. The van der Waals surface area contributed by atoms with Crippen LogP contribution in [0.15, 0.2) is 176 Å². The maximum Gasteiger partial charge on any atom is 0.160 e. The lowest BCUT2D eigenvalue weighted by molar-refractivity contribution is 1.18. The maximum absolute atomic E-state index is 5.36. The van der Waals surface area contributed by atoms with Crippen molar-refractivity contribution >= 4 is 40.3 Å². The lowest BCUT2D eigenvalue weighted by Gasteiger charge is -2.22. The quantitative estimate of drug-likeness (QED) is 0.169. The van der Waals surface area contributed by atoms with Gasteiger partial charge in [0.05, 0.1) is 22.4 Å². The summed E-state index contributed by atoms with van der Waals surface area (Å²) in [4.78, 5) is 10.6. The maximum atomic E-state index is 5.36. The highest BCUT2D eigenvalue weighted by Crippen LogP contribution is 2.37. The Bertz CT molecular complexity index is 2820. The second-order valence-electron chi connectivity index (χ2n) is 14.2. The van der Waals surface area contributed by atoms with Crippen LogP contribution in [-0.4, -0.2) is 22.6 Å². The predicted octanol–water partition coefficient (Wildman–Crippen LogP) is 11.0. The molecule has 2 aromatic heterocycles. The average molecular weight is 682 g/mol.